The van der Waals surface area contributed by atoms with E-state index in [0.717, 1.165) is 13.1 Å². The Morgan fingerprint density at radius 3 is 2.57 bits per heavy atom. The molecule has 0 aliphatic rings. The second-order valence-electron chi connectivity index (χ2n) is 5.04. The van der Waals surface area contributed by atoms with Gasteiger partial charge >= 0.3 is 6.09 Å². The van der Waals surface area contributed by atoms with Crippen LogP contribution in [0.1, 0.15) is 26.3 Å². The van der Waals surface area contributed by atoms with Gasteiger partial charge in [-0.2, -0.15) is 0 Å². The fourth-order valence-corrected chi connectivity index (χ4v) is 2.36. The average molecular weight is 318 g/mol. The van der Waals surface area contributed by atoms with E-state index in [2.05, 4.69) is 10.2 Å². The Bertz CT molecular complexity index is 735. The second-order valence-corrected chi connectivity index (χ2v) is 5.04. The van der Waals surface area contributed by atoms with E-state index in [9.17, 15) is 9.59 Å². The number of carbonyl (C=O) groups excluding carboxylic acids is 1. The van der Waals surface area contributed by atoms with Gasteiger partial charge in [0.1, 0.15) is 5.58 Å². The van der Waals surface area contributed by atoms with Crippen molar-refractivity contribution in [1.82, 2.24) is 4.90 Å². The van der Waals surface area contributed by atoms with Crippen molar-refractivity contribution in [1.29, 1.82) is 0 Å². The van der Waals surface area contributed by atoms with E-state index in [0.29, 0.717) is 23.1 Å². The van der Waals surface area contributed by atoms with E-state index in [1.807, 2.05) is 13.8 Å². The van der Waals surface area contributed by atoms with Gasteiger partial charge in [-0.15, -0.1) is 0 Å². The SMILES string of the molecule is CCOC(=O)Nc1oc2ccccc2c(=O)c1CN(CC)CC. The van der Waals surface area contributed by atoms with Crippen molar-refractivity contribution in [2.24, 2.45) is 0 Å². The molecule has 0 saturated carbocycles. The van der Waals surface area contributed by atoms with Crippen LogP contribution in [0.5, 0.6) is 0 Å². The number of amides is 1. The number of para-hydroxylation sites is 1. The molecule has 0 unspecified atom stereocenters. The molecule has 1 heterocycles. The molecule has 1 aromatic carbocycles. The highest BCUT2D eigenvalue weighted by Gasteiger charge is 2.18. The van der Waals surface area contributed by atoms with Crippen molar-refractivity contribution in [2.45, 2.75) is 27.3 Å². The molecule has 1 aromatic heterocycles. The molecular formula is C17H22N2O4. The fraction of sp³-hybridized carbons (Fsp3) is 0.412. The molecule has 6 heteroatoms. The van der Waals surface area contributed by atoms with Crippen LogP contribution in [0, 0.1) is 0 Å². The van der Waals surface area contributed by atoms with Gasteiger partial charge in [0.2, 0.25) is 5.88 Å². The Balaban J connectivity index is 2.52. The second kappa shape index (κ2) is 7.78. The third-order valence-electron chi connectivity index (χ3n) is 3.66. The molecule has 1 amide bonds. The van der Waals surface area contributed by atoms with Crippen molar-refractivity contribution in [3.8, 4) is 0 Å². The van der Waals surface area contributed by atoms with Crippen LogP contribution in [0.2, 0.25) is 0 Å². The Morgan fingerprint density at radius 2 is 1.91 bits per heavy atom. The van der Waals surface area contributed by atoms with E-state index >= 15 is 0 Å². The van der Waals surface area contributed by atoms with Crippen LogP contribution < -0.4 is 10.7 Å². The molecule has 1 N–H and O–H groups in total. The van der Waals surface area contributed by atoms with Gasteiger partial charge in [0.25, 0.3) is 0 Å². The monoisotopic (exact) mass is 318 g/mol. The molecule has 0 fully saturated rings. The summed E-state index contributed by atoms with van der Waals surface area (Å²) in [4.78, 5) is 26.6. The number of fused-ring (bicyclic) bond motifs is 1. The molecule has 0 radical (unpaired) electrons. The summed E-state index contributed by atoms with van der Waals surface area (Å²) in [6.07, 6.45) is -0.633. The summed E-state index contributed by atoms with van der Waals surface area (Å²) in [5, 5.41) is 3.05. The van der Waals surface area contributed by atoms with Crippen LogP contribution in [-0.2, 0) is 11.3 Å². The lowest BCUT2D eigenvalue weighted by Crippen LogP contribution is -2.27. The summed E-state index contributed by atoms with van der Waals surface area (Å²) >= 11 is 0. The predicted octanol–water partition coefficient (Wildman–Crippen LogP) is 3.20. The zero-order chi connectivity index (χ0) is 16.8. The van der Waals surface area contributed by atoms with Gasteiger partial charge in [0, 0.05) is 6.54 Å². The first-order chi connectivity index (χ1) is 11.1. The van der Waals surface area contributed by atoms with Crippen LogP contribution in [-0.4, -0.2) is 30.7 Å². The molecule has 2 rings (SSSR count). The van der Waals surface area contributed by atoms with Crippen LogP contribution >= 0.6 is 0 Å². The van der Waals surface area contributed by atoms with Gasteiger partial charge in [-0.25, -0.2) is 4.79 Å². The van der Waals surface area contributed by atoms with Gasteiger partial charge in [0.15, 0.2) is 5.43 Å². The van der Waals surface area contributed by atoms with Crippen molar-refractivity contribution in [3.63, 3.8) is 0 Å². The Kier molecular flexibility index (Phi) is 5.76. The van der Waals surface area contributed by atoms with Crippen LogP contribution in [0.25, 0.3) is 11.0 Å². The molecule has 0 saturated heterocycles. The summed E-state index contributed by atoms with van der Waals surface area (Å²) in [6.45, 7) is 7.99. The van der Waals surface area contributed by atoms with Gasteiger partial charge in [-0.05, 0) is 32.1 Å². The summed E-state index contributed by atoms with van der Waals surface area (Å²) in [5.74, 6) is 0.152. The molecule has 6 nitrogen and oxygen atoms in total. The van der Waals surface area contributed by atoms with E-state index in [4.69, 9.17) is 9.15 Å². The number of hydrogen-bond acceptors (Lipinski definition) is 5. The van der Waals surface area contributed by atoms with Crippen LogP contribution in [0.4, 0.5) is 10.7 Å². The summed E-state index contributed by atoms with van der Waals surface area (Å²) in [6, 6.07) is 7.00. The smallest absolute Gasteiger partial charge is 0.413 e. The number of benzene rings is 1. The zero-order valence-electron chi connectivity index (χ0n) is 13.7. The first-order valence-electron chi connectivity index (χ1n) is 7.81. The minimum atomic E-state index is -0.633. The summed E-state index contributed by atoms with van der Waals surface area (Å²) in [5.41, 5.74) is 0.735. The maximum Gasteiger partial charge on any atom is 0.413 e. The highest BCUT2D eigenvalue weighted by atomic mass is 16.5. The van der Waals surface area contributed by atoms with Crippen molar-refractivity contribution >= 4 is 22.9 Å². The predicted molar refractivity (Wildman–Crippen MR) is 89.8 cm³/mol. The lowest BCUT2D eigenvalue weighted by atomic mass is 10.1. The molecular weight excluding hydrogens is 296 g/mol. The number of nitrogens with one attached hydrogen (secondary N) is 1. The van der Waals surface area contributed by atoms with E-state index in [1.165, 1.54) is 0 Å². The summed E-state index contributed by atoms with van der Waals surface area (Å²) < 4.78 is 10.6. The standard InChI is InChI=1S/C17H22N2O4/c1-4-19(5-2)11-13-15(20)12-9-7-8-10-14(12)23-16(13)18-17(21)22-6-3/h7-10H,4-6,11H2,1-3H3,(H,18,21). The molecule has 0 aliphatic heterocycles. The summed E-state index contributed by atoms with van der Waals surface area (Å²) in [7, 11) is 0. The molecule has 0 atom stereocenters. The van der Waals surface area contributed by atoms with Gasteiger partial charge in [-0.1, -0.05) is 26.0 Å². The minimum Gasteiger partial charge on any atom is -0.450 e. The lowest BCUT2D eigenvalue weighted by molar-refractivity contribution is 0.167. The van der Waals surface area contributed by atoms with Crippen LogP contribution in [0.3, 0.4) is 0 Å². The maximum absolute atomic E-state index is 12.8. The van der Waals surface area contributed by atoms with E-state index in [-0.39, 0.29) is 17.9 Å². The number of carbonyl (C=O) groups is 1. The third kappa shape index (κ3) is 3.90. The molecule has 0 spiro atoms. The third-order valence-corrected chi connectivity index (χ3v) is 3.66. The van der Waals surface area contributed by atoms with Gasteiger partial charge < -0.3 is 9.15 Å². The molecule has 0 bridgehead atoms. The Hall–Kier alpha value is -2.34. The minimum absolute atomic E-state index is 0.134. The number of nitrogens with zero attached hydrogens (tertiary/aromatic N) is 1. The van der Waals surface area contributed by atoms with E-state index in [1.54, 1.807) is 31.2 Å². The molecule has 2 aromatic rings. The number of ether oxygens (including phenoxy) is 1. The number of rotatable bonds is 6. The molecule has 23 heavy (non-hydrogen) atoms. The first kappa shape index (κ1) is 17.0. The van der Waals surface area contributed by atoms with Gasteiger partial charge in [-0.3, -0.25) is 15.0 Å². The first-order valence-corrected chi connectivity index (χ1v) is 7.81. The van der Waals surface area contributed by atoms with Crippen molar-refractivity contribution in [3.05, 3.63) is 40.1 Å². The number of hydrogen-bond donors (Lipinski definition) is 1. The van der Waals surface area contributed by atoms with Crippen molar-refractivity contribution in [2.75, 3.05) is 25.0 Å². The molecule has 124 valence electrons. The number of anilines is 1. The normalized spacial score (nSPS) is 11.0. The van der Waals surface area contributed by atoms with Gasteiger partial charge in [0.05, 0.1) is 17.6 Å². The van der Waals surface area contributed by atoms with E-state index < -0.39 is 6.09 Å². The Labute approximate surface area is 135 Å². The topological polar surface area (TPSA) is 71.8 Å². The van der Waals surface area contributed by atoms with Crippen molar-refractivity contribution < 1.29 is 13.9 Å². The average Bonchev–Trinajstić information content (AvgIpc) is 2.55. The lowest BCUT2D eigenvalue weighted by Gasteiger charge is -2.19. The quantitative estimate of drug-likeness (QED) is 0.885. The Morgan fingerprint density at radius 1 is 1.22 bits per heavy atom. The maximum atomic E-state index is 12.8. The van der Waals surface area contributed by atoms with Crippen LogP contribution in [0.15, 0.2) is 33.5 Å². The highest BCUT2D eigenvalue weighted by molar-refractivity contribution is 5.86. The fourth-order valence-electron chi connectivity index (χ4n) is 2.36. The highest BCUT2D eigenvalue weighted by Crippen LogP contribution is 2.21. The largest absolute Gasteiger partial charge is 0.450 e. The molecule has 0 aliphatic carbocycles. The zero-order valence-corrected chi connectivity index (χ0v) is 13.7.